The first-order valence-corrected chi connectivity index (χ1v) is 13.2. The second-order valence-electron chi connectivity index (χ2n) is 9.70. The number of hydrogen-bond acceptors (Lipinski definition) is 2. The summed E-state index contributed by atoms with van der Waals surface area (Å²) in [6.45, 7) is 5.57. The second kappa shape index (κ2) is 10.4. The SMILES string of the molecule is CCCCCC1CCC(C2CCC(c3ccc4cc(CCC)sc4c3)OC2)CC1. The lowest BCUT2D eigenvalue weighted by Gasteiger charge is -2.38. The number of hydrogen-bond donors (Lipinski definition) is 0. The van der Waals surface area contributed by atoms with Crippen molar-refractivity contribution in [2.75, 3.05) is 6.61 Å². The fourth-order valence-electron chi connectivity index (χ4n) is 5.71. The van der Waals surface area contributed by atoms with E-state index in [4.69, 9.17) is 4.74 Å². The molecule has 2 unspecified atom stereocenters. The summed E-state index contributed by atoms with van der Waals surface area (Å²) in [5.74, 6) is 2.75. The predicted molar refractivity (Wildman–Crippen MR) is 127 cm³/mol. The van der Waals surface area contributed by atoms with Crippen molar-refractivity contribution in [3.8, 4) is 0 Å². The molecule has 0 N–H and O–H groups in total. The van der Waals surface area contributed by atoms with Crippen molar-refractivity contribution in [3.05, 3.63) is 34.7 Å². The van der Waals surface area contributed by atoms with Gasteiger partial charge in [0, 0.05) is 9.58 Å². The molecule has 4 rings (SSSR count). The van der Waals surface area contributed by atoms with E-state index in [-0.39, 0.29) is 0 Å². The zero-order valence-electron chi connectivity index (χ0n) is 18.6. The van der Waals surface area contributed by atoms with E-state index in [0.29, 0.717) is 6.10 Å². The third kappa shape index (κ3) is 5.44. The van der Waals surface area contributed by atoms with Gasteiger partial charge in [-0.25, -0.2) is 0 Å². The monoisotopic (exact) mass is 412 g/mol. The molecule has 29 heavy (non-hydrogen) atoms. The molecule has 1 aromatic carbocycles. The molecule has 0 amide bonds. The molecule has 2 heterocycles. The highest BCUT2D eigenvalue weighted by Gasteiger charge is 2.31. The topological polar surface area (TPSA) is 9.23 Å². The smallest absolute Gasteiger partial charge is 0.0825 e. The lowest BCUT2D eigenvalue weighted by atomic mass is 9.72. The van der Waals surface area contributed by atoms with Crippen LogP contribution >= 0.6 is 11.3 Å². The number of aryl methyl sites for hydroxylation is 1. The van der Waals surface area contributed by atoms with Crippen LogP contribution in [-0.4, -0.2) is 6.61 Å². The molecule has 1 saturated carbocycles. The molecule has 2 heteroatoms. The Morgan fingerprint density at radius 2 is 1.72 bits per heavy atom. The Labute approximate surface area is 182 Å². The van der Waals surface area contributed by atoms with Gasteiger partial charge in [-0.3, -0.25) is 0 Å². The van der Waals surface area contributed by atoms with Crippen LogP contribution in [0.4, 0.5) is 0 Å². The maximum Gasteiger partial charge on any atom is 0.0825 e. The van der Waals surface area contributed by atoms with Gasteiger partial charge in [-0.2, -0.15) is 0 Å². The van der Waals surface area contributed by atoms with Crippen molar-refractivity contribution in [1.29, 1.82) is 0 Å². The minimum Gasteiger partial charge on any atom is -0.373 e. The third-order valence-electron chi connectivity index (χ3n) is 7.55. The Hall–Kier alpha value is -0.860. The molecule has 160 valence electrons. The minimum absolute atomic E-state index is 0.317. The molecular weight excluding hydrogens is 372 g/mol. The van der Waals surface area contributed by atoms with Crippen molar-refractivity contribution in [3.63, 3.8) is 0 Å². The maximum absolute atomic E-state index is 6.44. The lowest BCUT2D eigenvalue weighted by Crippen LogP contribution is -2.29. The van der Waals surface area contributed by atoms with Gasteiger partial charge in [-0.05, 0) is 72.9 Å². The van der Waals surface area contributed by atoms with Gasteiger partial charge < -0.3 is 4.74 Å². The first-order chi connectivity index (χ1) is 14.3. The average molecular weight is 413 g/mol. The van der Waals surface area contributed by atoms with Crippen LogP contribution in [0.25, 0.3) is 10.1 Å². The van der Waals surface area contributed by atoms with Gasteiger partial charge >= 0.3 is 0 Å². The zero-order valence-corrected chi connectivity index (χ0v) is 19.4. The van der Waals surface area contributed by atoms with Crippen LogP contribution < -0.4 is 0 Å². The van der Waals surface area contributed by atoms with Crippen LogP contribution in [0.5, 0.6) is 0 Å². The molecule has 1 nitrogen and oxygen atoms in total. The van der Waals surface area contributed by atoms with E-state index in [1.807, 2.05) is 11.3 Å². The van der Waals surface area contributed by atoms with Gasteiger partial charge in [0.05, 0.1) is 12.7 Å². The van der Waals surface area contributed by atoms with Crippen molar-refractivity contribution in [2.45, 2.75) is 97.0 Å². The first-order valence-electron chi connectivity index (χ1n) is 12.4. The first kappa shape index (κ1) is 21.4. The van der Waals surface area contributed by atoms with Gasteiger partial charge in [-0.15, -0.1) is 11.3 Å². The minimum atomic E-state index is 0.317. The van der Waals surface area contributed by atoms with Gasteiger partial charge in [-0.1, -0.05) is 70.9 Å². The van der Waals surface area contributed by atoms with Crippen LogP contribution in [0, 0.1) is 17.8 Å². The molecular formula is C27H40OS. The van der Waals surface area contributed by atoms with Gasteiger partial charge in [0.25, 0.3) is 0 Å². The molecule has 1 saturated heterocycles. The van der Waals surface area contributed by atoms with Crippen molar-refractivity contribution >= 4 is 21.4 Å². The molecule has 1 aliphatic heterocycles. The van der Waals surface area contributed by atoms with E-state index in [1.165, 1.54) is 97.6 Å². The standard InChI is InChI=1S/C27H40OS/c1-3-5-6-8-20-9-11-21(12-10-20)24-15-16-26(28-19-24)22-13-14-23-17-25(7-4-2)29-27(23)18-22/h13-14,17-18,20-21,24,26H,3-12,15-16,19H2,1-2H3. The maximum atomic E-state index is 6.44. The fourth-order valence-corrected chi connectivity index (χ4v) is 6.92. The lowest BCUT2D eigenvalue weighted by molar-refractivity contribution is -0.0404. The zero-order chi connectivity index (χ0) is 20.1. The highest BCUT2D eigenvalue weighted by atomic mass is 32.1. The van der Waals surface area contributed by atoms with Crippen molar-refractivity contribution in [2.24, 2.45) is 17.8 Å². The summed E-state index contributed by atoms with van der Waals surface area (Å²) < 4.78 is 7.89. The van der Waals surface area contributed by atoms with E-state index in [9.17, 15) is 0 Å². The number of thiophene rings is 1. The molecule has 2 atom stereocenters. The normalized spacial score (nSPS) is 28.1. The fraction of sp³-hybridized carbons (Fsp3) is 0.704. The summed E-state index contributed by atoms with van der Waals surface area (Å²) >= 11 is 1.97. The van der Waals surface area contributed by atoms with E-state index < -0.39 is 0 Å². The van der Waals surface area contributed by atoms with Crippen LogP contribution in [0.2, 0.25) is 0 Å². The summed E-state index contributed by atoms with van der Waals surface area (Å²) in [5.41, 5.74) is 1.40. The Morgan fingerprint density at radius 1 is 0.897 bits per heavy atom. The Bertz CT molecular complexity index is 747. The molecule has 0 radical (unpaired) electrons. The molecule has 1 aromatic heterocycles. The molecule has 1 aliphatic carbocycles. The van der Waals surface area contributed by atoms with Crippen molar-refractivity contribution in [1.82, 2.24) is 0 Å². The van der Waals surface area contributed by atoms with Crippen LogP contribution in [0.15, 0.2) is 24.3 Å². The molecule has 0 spiro atoms. The van der Waals surface area contributed by atoms with Crippen LogP contribution in [0.3, 0.4) is 0 Å². The van der Waals surface area contributed by atoms with E-state index in [1.54, 1.807) is 0 Å². The van der Waals surface area contributed by atoms with Gasteiger partial charge in [0.1, 0.15) is 0 Å². The quantitative estimate of drug-likeness (QED) is 0.394. The third-order valence-corrected chi connectivity index (χ3v) is 8.71. The summed E-state index contributed by atoms with van der Waals surface area (Å²) in [6.07, 6.45) is 16.9. The number of rotatable bonds is 8. The Kier molecular flexibility index (Phi) is 7.70. The molecule has 2 fully saturated rings. The Morgan fingerprint density at radius 3 is 2.45 bits per heavy atom. The van der Waals surface area contributed by atoms with E-state index in [0.717, 1.165) is 24.4 Å². The van der Waals surface area contributed by atoms with Gasteiger partial charge in [0.15, 0.2) is 0 Å². The van der Waals surface area contributed by atoms with Crippen molar-refractivity contribution < 1.29 is 4.74 Å². The van der Waals surface area contributed by atoms with E-state index in [2.05, 4.69) is 38.1 Å². The number of fused-ring (bicyclic) bond motifs is 1. The molecule has 0 bridgehead atoms. The van der Waals surface area contributed by atoms with E-state index >= 15 is 0 Å². The highest BCUT2D eigenvalue weighted by Crippen LogP contribution is 2.42. The Balaban J connectivity index is 1.27. The highest BCUT2D eigenvalue weighted by molar-refractivity contribution is 7.19. The van der Waals surface area contributed by atoms with Crippen LogP contribution in [0.1, 0.15) is 101 Å². The predicted octanol–water partition coefficient (Wildman–Crippen LogP) is 8.71. The summed E-state index contributed by atoms with van der Waals surface area (Å²) in [7, 11) is 0. The molecule has 2 aliphatic rings. The number of benzene rings is 1. The second-order valence-corrected chi connectivity index (χ2v) is 10.9. The largest absolute Gasteiger partial charge is 0.373 e. The van der Waals surface area contributed by atoms with Crippen LogP contribution in [-0.2, 0) is 11.2 Å². The number of unbranched alkanes of at least 4 members (excludes halogenated alkanes) is 2. The number of ether oxygens (including phenoxy) is 1. The summed E-state index contributed by atoms with van der Waals surface area (Å²) in [6, 6.07) is 9.42. The molecule has 2 aromatic rings. The average Bonchev–Trinajstić information content (AvgIpc) is 3.16. The summed E-state index contributed by atoms with van der Waals surface area (Å²) in [4.78, 5) is 1.52. The van der Waals surface area contributed by atoms with Gasteiger partial charge in [0.2, 0.25) is 0 Å². The summed E-state index contributed by atoms with van der Waals surface area (Å²) in [5, 5.41) is 1.41.